The smallest absolute Gasteiger partial charge is 2.00 e. The first kappa shape index (κ1) is 63.8. The second-order valence-corrected chi connectivity index (χ2v) is 10.6. The topological polar surface area (TPSA) is 401 Å². The first-order valence-electron chi connectivity index (χ1n) is 3.33. The SMILES string of the molecule is O=[Se](=O)([O-])[O-].O=[Se](=O)([O-])[O-].O=[Se](=O)([O-])[O-].O=[Se](=O)([O-])[O-].O=[Se](=O)([O-])[O-].[Mn+2].[Mn+2].[Mn+2].[Mn+2].[Mn+2]. The minimum atomic E-state index is -5.75. The fourth-order valence-corrected chi connectivity index (χ4v) is 0. The van der Waals surface area contributed by atoms with E-state index in [9.17, 15) is 0 Å². The molecule has 0 spiro atoms. The molecule has 30 heteroatoms. The fourth-order valence-electron chi connectivity index (χ4n) is 0. The van der Waals surface area contributed by atoms with Crippen molar-refractivity contribution in [3.63, 3.8) is 0 Å². The van der Waals surface area contributed by atoms with E-state index in [1.54, 1.807) is 0 Å². The fraction of sp³-hybridized carbons (Fsp3) is 0. The molecule has 0 aromatic heterocycles. The second kappa shape index (κ2) is 28.0. The average molecular weight is 989 g/mol. The zero-order valence-electron chi connectivity index (χ0n) is 12.1. The van der Waals surface area contributed by atoms with Crippen molar-refractivity contribution in [3.05, 3.63) is 0 Å². The van der Waals surface area contributed by atoms with Crippen molar-refractivity contribution in [2.45, 2.75) is 0 Å². The van der Waals surface area contributed by atoms with Gasteiger partial charge in [-0.3, -0.25) is 0 Å². The first-order valence-corrected chi connectivity index (χ1v) is 17.3. The van der Waals surface area contributed by atoms with Crippen LogP contribution in [0.3, 0.4) is 0 Å². The molecule has 0 aromatic rings. The van der Waals surface area contributed by atoms with E-state index in [0.717, 1.165) is 0 Å². The van der Waals surface area contributed by atoms with E-state index in [4.69, 9.17) is 80.2 Å². The molecule has 0 unspecified atom stereocenters. The molecule has 30 heavy (non-hydrogen) atoms. The minimum Gasteiger partial charge on any atom is 2.00 e. The van der Waals surface area contributed by atoms with Crippen LogP contribution < -0.4 is 41.9 Å². The quantitative estimate of drug-likeness (QED) is 0.203. The van der Waals surface area contributed by atoms with Crippen LogP contribution in [0.4, 0.5) is 0 Å². The van der Waals surface area contributed by atoms with E-state index in [2.05, 4.69) is 0 Å². The molecule has 0 amide bonds. The van der Waals surface area contributed by atoms with Crippen molar-refractivity contribution in [1.82, 2.24) is 0 Å². The van der Waals surface area contributed by atoms with Gasteiger partial charge in [-0.1, -0.05) is 0 Å². The number of hydrogen-bond donors (Lipinski definition) is 0. The largest absolute Gasteiger partial charge is 2.00 e. The van der Waals surface area contributed by atoms with E-state index < -0.39 is 66.8 Å². The summed E-state index contributed by atoms with van der Waals surface area (Å²) in [6.45, 7) is 0. The minimum absolute atomic E-state index is 0. The van der Waals surface area contributed by atoms with E-state index in [0.29, 0.717) is 0 Å². The van der Waals surface area contributed by atoms with Crippen LogP contribution in [0.15, 0.2) is 0 Å². The Balaban J connectivity index is -0.0000000200. The standard InChI is InChI=1S/5Mn.5H2O4Se/c;;;;;5*1-5(2,3)4/h;;;;;5*(H2,1,2,3,4)/q5*+2;;;;;/p-10. The summed E-state index contributed by atoms with van der Waals surface area (Å²) in [7, 11) is 0. The summed E-state index contributed by atoms with van der Waals surface area (Å²) in [6.07, 6.45) is 0. The summed E-state index contributed by atoms with van der Waals surface area (Å²) in [5.74, 6) is 0. The van der Waals surface area contributed by atoms with Gasteiger partial charge in [0, 0.05) is 0 Å². The third-order valence-corrected chi connectivity index (χ3v) is 0. The molecule has 0 aliphatic carbocycles. The van der Waals surface area contributed by atoms with E-state index >= 15 is 0 Å². The molecule has 185 valence electrons. The molecule has 0 rings (SSSR count). The van der Waals surface area contributed by atoms with Gasteiger partial charge in [-0.25, -0.2) is 0 Å². The zero-order valence-corrected chi connectivity index (χ0v) is 26.6. The van der Waals surface area contributed by atoms with Gasteiger partial charge in [-0.15, -0.1) is 0 Å². The Bertz CT molecular complexity index is 628. The maximum absolute atomic E-state index is 8.59. The third kappa shape index (κ3) is 3500. The molecule has 0 saturated heterocycles. The molecular formula is Mn5O20Se5. The molecule has 5 radical (unpaired) electrons. The van der Waals surface area contributed by atoms with Gasteiger partial charge in [-0.2, -0.15) is 0 Å². The molecule has 0 fully saturated rings. The molecule has 0 bridgehead atoms. The Hall–Kier alpha value is 2.79. The summed E-state index contributed by atoms with van der Waals surface area (Å²) in [5, 5.41) is 0. The Morgan fingerprint density at radius 3 is 0.233 bits per heavy atom. The Morgan fingerprint density at radius 1 is 0.233 bits per heavy atom. The molecule has 0 heterocycles. The van der Waals surface area contributed by atoms with Gasteiger partial charge in [0.15, 0.2) is 0 Å². The maximum atomic E-state index is 8.59. The number of hydrogen-bond acceptors (Lipinski definition) is 20. The summed E-state index contributed by atoms with van der Waals surface area (Å²) >= 11 is -28.8. The van der Waals surface area contributed by atoms with Gasteiger partial charge in [-0.05, 0) is 0 Å². The van der Waals surface area contributed by atoms with Crippen molar-refractivity contribution in [3.8, 4) is 0 Å². The molecule has 0 aromatic carbocycles. The van der Waals surface area contributed by atoms with Crippen molar-refractivity contribution >= 4 is 66.8 Å². The molecule has 0 aliphatic rings. The van der Waals surface area contributed by atoms with Crippen LogP contribution in [-0.2, 0) is 124 Å². The zero-order chi connectivity index (χ0) is 22.5. The van der Waals surface area contributed by atoms with Crippen molar-refractivity contribution in [1.29, 1.82) is 0 Å². The first-order chi connectivity index (χ1) is 10.0. The van der Waals surface area contributed by atoms with Gasteiger partial charge < -0.3 is 0 Å². The van der Waals surface area contributed by atoms with Gasteiger partial charge in [0.2, 0.25) is 0 Å². The van der Waals surface area contributed by atoms with Crippen LogP contribution >= 0.6 is 0 Å². The van der Waals surface area contributed by atoms with Crippen molar-refractivity contribution < 1.29 is 166 Å². The molecule has 0 aliphatic heterocycles. The number of rotatable bonds is 0. The van der Waals surface area contributed by atoms with Crippen LogP contribution in [0.1, 0.15) is 0 Å². The summed E-state index contributed by atoms with van der Waals surface area (Å²) in [5.41, 5.74) is 0. The molecule has 20 nitrogen and oxygen atoms in total. The second-order valence-electron chi connectivity index (χ2n) is 2.04. The van der Waals surface area contributed by atoms with Crippen LogP contribution in [-0.4, -0.2) is 66.8 Å². The normalized spacial score (nSPS) is 9.67. The maximum Gasteiger partial charge on any atom is 2.00 e. The predicted octanol–water partition coefficient (Wildman–Crippen LogP) is -15.0. The summed E-state index contributed by atoms with van der Waals surface area (Å²) < 4.78 is 172. The Labute approximate surface area is 229 Å². The van der Waals surface area contributed by atoms with E-state index in [1.807, 2.05) is 0 Å². The Morgan fingerprint density at radius 2 is 0.233 bits per heavy atom. The van der Waals surface area contributed by atoms with Gasteiger partial charge in [0.1, 0.15) is 0 Å². The monoisotopic (exact) mass is 994 g/mol. The Kier molecular flexibility index (Phi) is 59.6. The molecule has 0 saturated carbocycles. The van der Waals surface area contributed by atoms with Crippen molar-refractivity contribution in [2.24, 2.45) is 0 Å². The predicted molar refractivity (Wildman–Crippen MR) is 35.6 cm³/mol. The molecule has 0 atom stereocenters. The van der Waals surface area contributed by atoms with Gasteiger partial charge in [0.25, 0.3) is 0 Å². The van der Waals surface area contributed by atoms with E-state index in [-0.39, 0.29) is 85.3 Å². The van der Waals surface area contributed by atoms with Crippen LogP contribution in [0.5, 0.6) is 0 Å². The summed E-state index contributed by atoms with van der Waals surface area (Å²) in [6, 6.07) is 0. The van der Waals surface area contributed by atoms with E-state index in [1.165, 1.54) is 0 Å². The van der Waals surface area contributed by atoms with Gasteiger partial charge >= 0.3 is 232 Å². The van der Waals surface area contributed by atoms with Crippen LogP contribution in [0.25, 0.3) is 0 Å². The average Bonchev–Trinajstić information content (AvgIpc) is 1.79. The van der Waals surface area contributed by atoms with Gasteiger partial charge in [0.05, 0.1) is 0 Å². The third-order valence-electron chi connectivity index (χ3n) is 0. The van der Waals surface area contributed by atoms with Crippen LogP contribution in [0.2, 0.25) is 0 Å². The molecule has 0 N–H and O–H groups in total. The van der Waals surface area contributed by atoms with Crippen LogP contribution in [0, 0.1) is 0 Å². The molecular weight excluding hydrogens is 989 g/mol. The summed E-state index contributed by atoms with van der Waals surface area (Å²) in [4.78, 5) is 0. The van der Waals surface area contributed by atoms with Crippen molar-refractivity contribution in [2.75, 3.05) is 0 Å².